The van der Waals surface area contributed by atoms with E-state index < -0.39 is 0 Å². The molecule has 0 fully saturated rings. The van der Waals surface area contributed by atoms with E-state index in [4.69, 9.17) is 0 Å². The van der Waals surface area contributed by atoms with Crippen molar-refractivity contribution >= 4 is 17.7 Å². The Labute approximate surface area is 141 Å². The van der Waals surface area contributed by atoms with Crippen LogP contribution in [0.1, 0.15) is 25.1 Å². The second kappa shape index (κ2) is 8.74. The largest absolute Gasteiger partial charge is 0.390 e. The van der Waals surface area contributed by atoms with Crippen LogP contribution in [0.3, 0.4) is 0 Å². The van der Waals surface area contributed by atoms with Crippen molar-refractivity contribution in [2.75, 3.05) is 18.8 Å². The Hall–Kier alpha value is -1.79. The summed E-state index contributed by atoms with van der Waals surface area (Å²) in [5.74, 6) is 0.470. The van der Waals surface area contributed by atoms with Crippen LogP contribution in [-0.2, 0) is 17.9 Å². The number of rotatable bonds is 8. The topological polar surface area (TPSA) is 58.4 Å². The highest BCUT2D eigenvalue weighted by Gasteiger charge is 2.15. The fourth-order valence-corrected chi connectivity index (χ4v) is 3.26. The average molecular weight is 333 g/mol. The number of hydrogen-bond donors (Lipinski definition) is 1. The predicted molar refractivity (Wildman–Crippen MR) is 92.3 cm³/mol. The molecule has 6 heteroatoms. The quantitative estimate of drug-likeness (QED) is 0.754. The summed E-state index contributed by atoms with van der Waals surface area (Å²) < 4.78 is 1.97. The number of amides is 1. The Kier molecular flexibility index (Phi) is 6.67. The average Bonchev–Trinajstić information content (AvgIpc) is 2.97. The minimum atomic E-state index is -0.0651. The van der Waals surface area contributed by atoms with Gasteiger partial charge in [0.25, 0.3) is 0 Å². The van der Waals surface area contributed by atoms with Crippen LogP contribution in [0.4, 0.5) is 0 Å². The number of carbonyl (C=O) groups excluding carboxylic acids is 1. The summed E-state index contributed by atoms with van der Waals surface area (Å²) in [6, 6.07) is 10.0. The van der Waals surface area contributed by atoms with E-state index in [-0.39, 0.29) is 12.5 Å². The Morgan fingerprint density at radius 1 is 1.26 bits per heavy atom. The van der Waals surface area contributed by atoms with Gasteiger partial charge in [0, 0.05) is 19.6 Å². The lowest BCUT2D eigenvalue weighted by atomic mass is 10.2. The Balaban J connectivity index is 2.10. The number of aliphatic hydroxyl groups excluding tert-OH is 1. The van der Waals surface area contributed by atoms with Crippen molar-refractivity contribution < 1.29 is 9.90 Å². The maximum Gasteiger partial charge on any atom is 0.233 e. The highest BCUT2D eigenvalue weighted by molar-refractivity contribution is 7.99. The van der Waals surface area contributed by atoms with Crippen LogP contribution in [0.2, 0.25) is 0 Å². The molecule has 0 spiro atoms. The monoisotopic (exact) mass is 333 g/mol. The molecule has 1 heterocycles. The van der Waals surface area contributed by atoms with Gasteiger partial charge in [-0.3, -0.25) is 4.79 Å². The Bertz CT molecular complexity index is 624. The molecule has 124 valence electrons. The van der Waals surface area contributed by atoms with E-state index in [1.54, 1.807) is 6.20 Å². The number of thioether (sulfide) groups is 1. The van der Waals surface area contributed by atoms with E-state index in [1.807, 2.05) is 53.6 Å². The van der Waals surface area contributed by atoms with Gasteiger partial charge in [0.05, 0.1) is 24.3 Å². The van der Waals surface area contributed by atoms with Crippen LogP contribution in [0.15, 0.2) is 41.7 Å². The molecule has 0 atom stereocenters. The fraction of sp³-hybridized carbons (Fsp3) is 0.412. The molecule has 5 nitrogen and oxygen atoms in total. The number of aliphatic hydroxyl groups is 1. The van der Waals surface area contributed by atoms with Crippen LogP contribution in [0, 0.1) is 0 Å². The fourth-order valence-electron chi connectivity index (χ4n) is 2.36. The van der Waals surface area contributed by atoms with Crippen molar-refractivity contribution in [2.24, 2.45) is 0 Å². The first-order chi connectivity index (χ1) is 11.2. The minimum absolute atomic E-state index is 0.0651. The molecule has 1 amide bonds. The zero-order chi connectivity index (χ0) is 16.7. The van der Waals surface area contributed by atoms with Crippen molar-refractivity contribution in [3.05, 3.63) is 47.8 Å². The smallest absolute Gasteiger partial charge is 0.233 e. The molecule has 0 aliphatic heterocycles. The van der Waals surface area contributed by atoms with Gasteiger partial charge in [0.15, 0.2) is 5.16 Å². The Morgan fingerprint density at radius 3 is 2.57 bits per heavy atom. The van der Waals surface area contributed by atoms with Gasteiger partial charge in [0.1, 0.15) is 0 Å². The van der Waals surface area contributed by atoms with Gasteiger partial charge in [-0.05, 0) is 19.4 Å². The molecular weight excluding hydrogens is 310 g/mol. The lowest BCUT2D eigenvalue weighted by Gasteiger charge is -2.18. The van der Waals surface area contributed by atoms with Gasteiger partial charge in [-0.15, -0.1) is 0 Å². The van der Waals surface area contributed by atoms with E-state index in [9.17, 15) is 9.90 Å². The molecule has 0 radical (unpaired) electrons. The van der Waals surface area contributed by atoms with Gasteiger partial charge >= 0.3 is 0 Å². The second-order valence-electron chi connectivity index (χ2n) is 5.12. The number of benzene rings is 1. The van der Waals surface area contributed by atoms with E-state index in [0.29, 0.717) is 12.3 Å². The van der Waals surface area contributed by atoms with Crippen LogP contribution in [-0.4, -0.2) is 44.3 Å². The van der Waals surface area contributed by atoms with Gasteiger partial charge in [0.2, 0.25) is 5.91 Å². The number of imidazole rings is 1. The van der Waals surface area contributed by atoms with Gasteiger partial charge in [-0.25, -0.2) is 4.98 Å². The van der Waals surface area contributed by atoms with Crippen LogP contribution in [0.5, 0.6) is 0 Å². The summed E-state index contributed by atoms with van der Waals surface area (Å²) >= 11 is 1.42. The molecule has 0 bridgehead atoms. The van der Waals surface area contributed by atoms with Crippen molar-refractivity contribution in [3.63, 3.8) is 0 Å². The number of hydrogen-bond acceptors (Lipinski definition) is 4. The van der Waals surface area contributed by atoms with E-state index >= 15 is 0 Å². The van der Waals surface area contributed by atoms with Gasteiger partial charge < -0.3 is 14.6 Å². The van der Waals surface area contributed by atoms with Crippen LogP contribution < -0.4 is 0 Å². The van der Waals surface area contributed by atoms with Crippen molar-refractivity contribution in [2.45, 2.75) is 32.2 Å². The highest BCUT2D eigenvalue weighted by atomic mass is 32.2. The summed E-state index contributed by atoms with van der Waals surface area (Å²) in [6.07, 6.45) is 1.67. The molecular formula is C17H23N3O2S. The van der Waals surface area contributed by atoms with Gasteiger partial charge in [-0.2, -0.15) is 0 Å². The second-order valence-corrected chi connectivity index (χ2v) is 6.06. The first-order valence-corrected chi connectivity index (χ1v) is 8.77. The van der Waals surface area contributed by atoms with E-state index in [0.717, 1.165) is 29.5 Å². The summed E-state index contributed by atoms with van der Waals surface area (Å²) in [6.45, 7) is 5.97. The predicted octanol–water partition coefficient (Wildman–Crippen LogP) is 2.38. The van der Waals surface area contributed by atoms with Gasteiger partial charge in [-0.1, -0.05) is 42.1 Å². The zero-order valence-electron chi connectivity index (χ0n) is 13.6. The van der Waals surface area contributed by atoms with Crippen molar-refractivity contribution in [1.82, 2.24) is 14.5 Å². The normalized spacial score (nSPS) is 10.7. The van der Waals surface area contributed by atoms with Crippen LogP contribution in [0.25, 0.3) is 0 Å². The van der Waals surface area contributed by atoms with Crippen molar-refractivity contribution in [1.29, 1.82) is 0 Å². The summed E-state index contributed by atoms with van der Waals surface area (Å²) in [7, 11) is 0. The molecule has 2 aromatic rings. The SMILES string of the molecule is CCN(CC)C(=O)CSc1ncc(CO)n1Cc1ccccc1. The third kappa shape index (κ3) is 4.59. The lowest BCUT2D eigenvalue weighted by molar-refractivity contribution is -0.127. The molecule has 2 rings (SSSR count). The molecule has 23 heavy (non-hydrogen) atoms. The highest BCUT2D eigenvalue weighted by Crippen LogP contribution is 2.21. The molecule has 0 aliphatic rings. The maximum absolute atomic E-state index is 12.1. The molecule has 1 aromatic carbocycles. The molecule has 1 aromatic heterocycles. The van der Waals surface area contributed by atoms with Crippen LogP contribution >= 0.6 is 11.8 Å². The minimum Gasteiger partial charge on any atom is -0.390 e. The molecule has 0 saturated carbocycles. The standard InChI is InChI=1S/C17H23N3O2S/c1-3-19(4-2)16(22)13-23-17-18-10-15(12-21)20(17)11-14-8-6-5-7-9-14/h5-10,21H,3-4,11-13H2,1-2H3. The third-order valence-electron chi connectivity index (χ3n) is 3.69. The third-order valence-corrected chi connectivity index (χ3v) is 4.66. The summed E-state index contributed by atoms with van der Waals surface area (Å²) in [4.78, 5) is 18.3. The van der Waals surface area contributed by atoms with E-state index in [1.165, 1.54) is 11.8 Å². The molecule has 0 saturated heterocycles. The summed E-state index contributed by atoms with van der Waals surface area (Å²) in [5.41, 5.74) is 1.89. The number of nitrogens with zero attached hydrogens (tertiary/aromatic N) is 3. The van der Waals surface area contributed by atoms with E-state index in [2.05, 4.69) is 4.98 Å². The lowest BCUT2D eigenvalue weighted by Crippen LogP contribution is -2.32. The number of aromatic nitrogens is 2. The molecule has 1 N–H and O–H groups in total. The molecule has 0 aliphatic carbocycles. The Morgan fingerprint density at radius 2 is 1.96 bits per heavy atom. The number of carbonyl (C=O) groups is 1. The van der Waals surface area contributed by atoms with Crippen molar-refractivity contribution in [3.8, 4) is 0 Å². The maximum atomic E-state index is 12.1. The first kappa shape index (κ1) is 17.6. The zero-order valence-corrected chi connectivity index (χ0v) is 14.4. The molecule has 0 unspecified atom stereocenters. The first-order valence-electron chi connectivity index (χ1n) is 7.79. The summed E-state index contributed by atoms with van der Waals surface area (Å²) in [5, 5.41) is 10.3.